The molecule has 0 saturated carbocycles. The molecule has 1 aliphatic heterocycles. The molecule has 8 nitrogen and oxygen atoms in total. The molecule has 168 valence electrons. The molecule has 0 bridgehead atoms. The quantitative estimate of drug-likeness (QED) is 0.661. The van der Waals surface area contributed by atoms with Gasteiger partial charge in [-0.1, -0.05) is 44.2 Å². The first-order valence-electron chi connectivity index (χ1n) is 10.8. The summed E-state index contributed by atoms with van der Waals surface area (Å²) >= 11 is 0. The molecule has 1 fully saturated rings. The van der Waals surface area contributed by atoms with Gasteiger partial charge in [0.15, 0.2) is 6.10 Å². The lowest BCUT2D eigenvalue weighted by molar-refractivity contribution is -0.141. The Bertz CT molecular complexity index is 806. The molecule has 1 heterocycles. The normalized spacial score (nSPS) is 19.8. The van der Waals surface area contributed by atoms with Crippen LogP contribution in [0.25, 0.3) is 0 Å². The van der Waals surface area contributed by atoms with Crippen molar-refractivity contribution in [3.8, 4) is 6.07 Å². The van der Waals surface area contributed by atoms with Gasteiger partial charge in [-0.2, -0.15) is 5.26 Å². The molecule has 2 unspecified atom stereocenters. The maximum atomic E-state index is 13.0. The number of ether oxygens (including phenoxy) is 1. The molecule has 0 aromatic heterocycles. The third-order valence-electron chi connectivity index (χ3n) is 5.30. The van der Waals surface area contributed by atoms with Crippen LogP contribution in [0.2, 0.25) is 0 Å². The second kappa shape index (κ2) is 11.3. The number of benzene rings is 1. The second-order valence-electron chi connectivity index (χ2n) is 8.21. The summed E-state index contributed by atoms with van der Waals surface area (Å²) in [4.78, 5) is 39.9. The van der Waals surface area contributed by atoms with Gasteiger partial charge < -0.3 is 20.3 Å². The van der Waals surface area contributed by atoms with E-state index in [1.165, 1.54) is 0 Å². The van der Waals surface area contributed by atoms with Crippen molar-refractivity contribution in [2.45, 2.75) is 64.6 Å². The van der Waals surface area contributed by atoms with Crippen LogP contribution in [0.5, 0.6) is 0 Å². The zero-order valence-electron chi connectivity index (χ0n) is 18.5. The summed E-state index contributed by atoms with van der Waals surface area (Å²) in [7, 11) is 0. The van der Waals surface area contributed by atoms with Crippen molar-refractivity contribution >= 4 is 17.9 Å². The summed E-state index contributed by atoms with van der Waals surface area (Å²) in [5, 5.41) is 15.1. The van der Waals surface area contributed by atoms with Crippen LogP contribution in [0.4, 0.5) is 4.79 Å². The molecule has 2 N–H and O–H groups in total. The molecule has 3 amide bonds. The van der Waals surface area contributed by atoms with Crippen molar-refractivity contribution in [3.63, 3.8) is 0 Å². The summed E-state index contributed by atoms with van der Waals surface area (Å²) in [6, 6.07) is 11.4. The lowest BCUT2D eigenvalue weighted by atomic mass is 9.93. The van der Waals surface area contributed by atoms with Crippen LogP contribution in [0, 0.1) is 17.2 Å². The van der Waals surface area contributed by atoms with Gasteiger partial charge in [-0.15, -0.1) is 0 Å². The first kappa shape index (κ1) is 24.2. The van der Waals surface area contributed by atoms with E-state index in [1.54, 1.807) is 4.90 Å². The number of hydrogen-bond acceptors (Lipinski definition) is 5. The average Bonchev–Trinajstić information content (AvgIpc) is 2.91. The summed E-state index contributed by atoms with van der Waals surface area (Å²) in [5.41, 5.74) is -0.737. The Labute approximate surface area is 183 Å². The molecular weight excluding hydrogens is 396 g/mol. The Morgan fingerprint density at radius 1 is 1.26 bits per heavy atom. The number of amides is 3. The van der Waals surface area contributed by atoms with Crippen LogP contribution in [0.15, 0.2) is 30.3 Å². The Morgan fingerprint density at radius 3 is 2.58 bits per heavy atom. The summed E-state index contributed by atoms with van der Waals surface area (Å²) in [5.74, 6) is -0.968. The number of carbonyl (C=O) groups is 3. The van der Waals surface area contributed by atoms with Crippen molar-refractivity contribution in [3.05, 3.63) is 35.9 Å². The monoisotopic (exact) mass is 428 g/mol. The Hall–Kier alpha value is -3.08. The van der Waals surface area contributed by atoms with Crippen LogP contribution in [-0.2, 0) is 20.9 Å². The smallest absolute Gasteiger partial charge is 0.408 e. The number of alkyl carbamates (subject to hydrolysis) is 1. The van der Waals surface area contributed by atoms with E-state index < -0.39 is 29.6 Å². The van der Waals surface area contributed by atoms with E-state index in [2.05, 4.69) is 10.6 Å². The van der Waals surface area contributed by atoms with Gasteiger partial charge in [0.2, 0.25) is 5.54 Å². The number of nitrogens with one attached hydrogen (secondary N) is 2. The van der Waals surface area contributed by atoms with E-state index >= 15 is 0 Å². The maximum absolute atomic E-state index is 13.0. The van der Waals surface area contributed by atoms with Crippen LogP contribution in [-0.4, -0.2) is 47.5 Å². The lowest BCUT2D eigenvalue weighted by Crippen LogP contribution is -2.60. The predicted molar refractivity (Wildman–Crippen MR) is 116 cm³/mol. The molecule has 0 spiro atoms. The van der Waals surface area contributed by atoms with Crippen LogP contribution >= 0.6 is 0 Å². The Kier molecular flexibility index (Phi) is 8.86. The van der Waals surface area contributed by atoms with Gasteiger partial charge in [0.25, 0.3) is 11.8 Å². The predicted octanol–water partition coefficient (Wildman–Crippen LogP) is 2.74. The highest BCUT2D eigenvalue weighted by molar-refractivity contribution is 5.96. The number of likely N-dealkylation sites (tertiary alicyclic amines) is 1. The Balaban J connectivity index is 2.09. The van der Waals surface area contributed by atoms with Crippen molar-refractivity contribution in [1.82, 2.24) is 15.5 Å². The third kappa shape index (κ3) is 6.71. The van der Waals surface area contributed by atoms with Crippen molar-refractivity contribution in [2.75, 3.05) is 13.1 Å². The van der Waals surface area contributed by atoms with Crippen LogP contribution < -0.4 is 10.6 Å². The maximum Gasteiger partial charge on any atom is 0.408 e. The second-order valence-corrected chi connectivity index (χ2v) is 8.21. The largest absolute Gasteiger partial charge is 0.436 e. The summed E-state index contributed by atoms with van der Waals surface area (Å²) in [6.07, 6.45) is 0.0951. The zero-order chi connectivity index (χ0) is 22.9. The lowest BCUT2D eigenvalue weighted by Gasteiger charge is -2.31. The molecule has 0 aliphatic carbocycles. The SMILES string of the molecule is CCN1CCCCC(C#N)(NC(=O)C(CC(C)C)OC(=O)NCc2ccccc2)C1=O. The molecule has 1 aromatic carbocycles. The van der Waals surface area contributed by atoms with Crippen molar-refractivity contribution in [2.24, 2.45) is 5.92 Å². The highest BCUT2D eigenvalue weighted by Gasteiger charge is 2.45. The summed E-state index contributed by atoms with van der Waals surface area (Å²) in [6.45, 7) is 6.94. The van der Waals surface area contributed by atoms with Gasteiger partial charge >= 0.3 is 6.09 Å². The van der Waals surface area contributed by atoms with Crippen LogP contribution in [0.3, 0.4) is 0 Å². The molecule has 8 heteroatoms. The molecule has 1 aromatic rings. The fraction of sp³-hybridized carbons (Fsp3) is 0.565. The van der Waals surface area contributed by atoms with Gasteiger partial charge in [-0.3, -0.25) is 9.59 Å². The van der Waals surface area contributed by atoms with E-state index in [4.69, 9.17) is 4.74 Å². The van der Waals surface area contributed by atoms with E-state index in [9.17, 15) is 19.6 Å². The van der Waals surface area contributed by atoms with E-state index in [-0.39, 0.29) is 25.3 Å². The molecular formula is C23H32N4O4. The topological polar surface area (TPSA) is 112 Å². The number of carbonyl (C=O) groups excluding carboxylic acids is 3. The molecule has 2 rings (SSSR count). The molecule has 1 aliphatic rings. The van der Waals surface area contributed by atoms with Crippen molar-refractivity contribution < 1.29 is 19.1 Å². The number of nitrogens with zero attached hydrogens (tertiary/aromatic N) is 2. The van der Waals surface area contributed by atoms with Crippen LogP contribution in [0.1, 0.15) is 52.0 Å². The number of nitriles is 1. The highest BCUT2D eigenvalue weighted by atomic mass is 16.6. The van der Waals surface area contributed by atoms with E-state index in [0.717, 1.165) is 12.0 Å². The first-order chi connectivity index (χ1) is 14.8. The minimum Gasteiger partial charge on any atom is -0.436 e. The fourth-order valence-corrected chi connectivity index (χ4v) is 3.59. The highest BCUT2D eigenvalue weighted by Crippen LogP contribution is 2.23. The zero-order valence-corrected chi connectivity index (χ0v) is 18.5. The minimum absolute atomic E-state index is 0.0627. The number of likely N-dealkylation sites (N-methyl/N-ethyl adjacent to an activating group) is 1. The molecule has 31 heavy (non-hydrogen) atoms. The fourth-order valence-electron chi connectivity index (χ4n) is 3.59. The standard InChI is InChI=1S/C23H32N4O4/c1-4-27-13-9-8-12-23(16-24,21(27)29)26-20(28)19(14-17(2)3)31-22(30)25-15-18-10-6-5-7-11-18/h5-7,10-11,17,19H,4,8-9,12-15H2,1-3H3,(H,25,30)(H,26,28). The van der Waals surface area contributed by atoms with Gasteiger partial charge in [0, 0.05) is 19.6 Å². The van der Waals surface area contributed by atoms with Gasteiger partial charge in [0.05, 0.1) is 0 Å². The summed E-state index contributed by atoms with van der Waals surface area (Å²) < 4.78 is 5.40. The van der Waals surface area contributed by atoms with Gasteiger partial charge in [-0.25, -0.2) is 4.79 Å². The number of rotatable bonds is 8. The van der Waals surface area contributed by atoms with Gasteiger partial charge in [0.1, 0.15) is 6.07 Å². The van der Waals surface area contributed by atoms with E-state index in [1.807, 2.05) is 57.2 Å². The Morgan fingerprint density at radius 2 is 1.97 bits per heavy atom. The number of hydrogen-bond donors (Lipinski definition) is 2. The third-order valence-corrected chi connectivity index (χ3v) is 5.30. The van der Waals surface area contributed by atoms with E-state index in [0.29, 0.717) is 19.5 Å². The molecule has 2 atom stereocenters. The minimum atomic E-state index is -1.64. The average molecular weight is 429 g/mol. The molecule has 0 radical (unpaired) electrons. The first-order valence-corrected chi connectivity index (χ1v) is 10.8. The van der Waals surface area contributed by atoms with Crippen molar-refractivity contribution in [1.29, 1.82) is 5.26 Å². The molecule has 1 saturated heterocycles. The van der Waals surface area contributed by atoms with Gasteiger partial charge in [-0.05, 0) is 44.1 Å².